The predicted octanol–water partition coefficient (Wildman–Crippen LogP) is 7.34. The van der Waals surface area contributed by atoms with E-state index in [0.717, 1.165) is 19.0 Å². The molecule has 0 fully saturated rings. The third kappa shape index (κ3) is 5.34. The summed E-state index contributed by atoms with van der Waals surface area (Å²) in [5, 5.41) is 4.25. The number of hydrogen-bond donors (Lipinski definition) is 1. The van der Waals surface area contributed by atoms with Gasteiger partial charge < -0.3 is 5.73 Å². The Balaban J connectivity index is 1.78. The van der Waals surface area contributed by atoms with E-state index in [1.54, 1.807) is 0 Å². The van der Waals surface area contributed by atoms with Gasteiger partial charge in [-0.3, -0.25) is 0 Å². The van der Waals surface area contributed by atoms with E-state index in [1.165, 1.54) is 32.6 Å². The lowest BCUT2D eigenvalue weighted by molar-refractivity contribution is 0.312. The quantitative estimate of drug-likeness (QED) is 0.270. The Labute approximate surface area is 219 Å². The number of nitrogens with two attached hydrogens (primary N) is 1. The van der Waals surface area contributed by atoms with Crippen molar-refractivity contribution in [2.45, 2.75) is 53.0 Å². The molecule has 3 aromatic carbocycles. The van der Waals surface area contributed by atoms with Gasteiger partial charge in [0, 0.05) is 5.54 Å². The highest BCUT2D eigenvalue weighted by molar-refractivity contribution is 7.95. The summed E-state index contributed by atoms with van der Waals surface area (Å²) in [5.41, 5.74) is 10.6. The molecule has 1 nitrogen and oxygen atoms in total. The van der Waals surface area contributed by atoms with Gasteiger partial charge in [-0.25, -0.2) is 0 Å². The Morgan fingerprint density at radius 1 is 0.778 bits per heavy atom. The first-order valence-corrected chi connectivity index (χ1v) is 15.0. The molecule has 1 aliphatic rings. The molecule has 0 aliphatic heterocycles. The molecule has 0 aromatic heterocycles. The molecule has 0 amide bonds. The minimum absolute atomic E-state index is 0.147. The summed E-state index contributed by atoms with van der Waals surface area (Å²) < 4.78 is 0. The third-order valence-electron chi connectivity index (χ3n) is 8.05. The van der Waals surface area contributed by atoms with E-state index in [2.05, 4.69) is 144 Å². The molecule has 0 spiro atoms. The molecule has 4 rings (SSSR count). The summed E-state index contributed by atoms with van der Waals surface area (Å²) in [5.74, 6) is 0. The molecular formula is C34H41NP+. The molecule has 0 heterocycles. The number of allylic oxidation sites excluding steroid dienone is 5. The molecule has 1 unspecified atom stereocenters. The van der Waals surface area contributed by atoms with E-state index in [1.807, 2.05) is 0 Å². The molecule has 0 bridgehead atoms. The SMILES string of the molecule is CC1=C(/C=C/C(C)=C/C[P+](c2ccccc2)(c2ccccc2)c2ccccc2)C(C)(C)CCC1(C)N. The second-order valence-electron chi connectivity index (χ2n) is 11.1. The zero-order valence-corrected chi connectivity index (χ0v) is 23.4. The van der Waals surface area contributed by atoms with Crippen LogP contribution < -0.4 is 21.6 Å². The van der Waals surface area contributed by atoms with Crippen molar-refractivity contribution < 1.29 is 0 Å². The topological polar surface area (TPSA) is 26.0 Å². The molecule has 0 saturated carbocycles. The second-order valence-corrected chi connectivity index (χ2v) is 14.7. The van der Waals surface area contributed by atoms with E-state index >= 15 is 0 Å². The number of hydrogen-bond acceptors (Lipinski definition) is 1. The lowest BCUT2D eigenvalue weighted by Crippen LogP contribution is -2.43. The standard InChI is InChI=1S/C34H41NP/c1-27(21-22-32-28(2)34(5,35)25-24-33(32,3)4)23-26-36(29-15-9-6-10-16-29,30-17-11-7-12-18-30)31-19-13-8-14-20-31/h6-23H,24-26,35H2,1-5H3/q+1/b22-21+,27-23+. The van der Waals surface area contributed by atoms with Crippen LogP contribution in [0, 0.1) is 5.41 Å². The highest BCUT2D eigenvalue weighted by atomic mass is 31.2. The van der Waals surface area contributed by atoms with E-state index in [9.17, 15) is 0 Å². The normalized spacial score (nSPS) is 20.7. The maximum absolute atomic E-state index is 6.65. The Morgan fingerprint density at radius 2 is 1.22 bits per heavy atom. The molecule has 1 atom stereocenters. The Kier molecular flexibility index (Phi) is 7.84. The zero-order chi connectivity index (χ0) is 25.8. The van der Waals surface area contributed by atoms with E-state index < -0.39 is 7.26 Å². The minimum Gasteiger partial charge on any atom is -0.322 e. The van der Waals surface area contributed by atoms with Gasteiger partial charge in [-0.1, -0.05) is 91.7 Å². The van der Waals surface area contributed by atoms with Crippen LogP contribution in [0.2, 0.25) is 0 Å². The van der Waals surface area contributed by atoms with Gasteiger partial charge in [-0.15, -0.1) is 0 Å². The van der Waals surface area contributed by atoms with Crippen LogP contribution in [-0.4, -0.2) is 11.7 Å². The second kappa shape index (κ2) is 10.7. The molecular weight excluding hydrogens is 453 g/mol. The van der Waals surface area contributed by atoms with Gasteiger partial charge in [0.15, 0.2) is 0 Å². The lowest BCUT2D eigenvalue weighted by atomic mass is 9.66. The highest BCUT2D eigenvalue weighted by Gasteiger charge is 2.44. The van der Waals surface area contributed by atoms with Gasteiger partial charge in [-0.2, -0.15) is 0 Å². The van der Waals surface area contributed by atoms with Gasteiger partial charge in [0.1, 0.15) is 23.2 Å². The maximum Gasteiger partial charge on any atom is 0.115 e. The Bertz CT molecular complexity index is 1150. The van der Waals surface area contributed by atoms with Crippen LogP contribution in [0.3, 0.4) is 0 Å². The summed E-state index contributed by atoms with van der Waals surface area (Å²) in [4.78, 5) is 0. The van der Waals surface area contributed by atoms with E-state index in [0.29, 0.717) is 0 Å². The fraction of sp³-hybridized carbons (Fsp3) is 0.294. The first kappa shape index (κ1) is 26.3. The van der Waals surface area contributed by atoms with Crippen LogP contribution in [0.1, 0.15) is 47.5 Å². The summed E-state index contributed by atoms with van der Waals surface area (Å²) in [6.07, 6.45) is 10.2. The zero-order valence-electron chi connectivity index (χ0n) is 22.5. The van der Waals surface area contributed by atoms with Gasteiger partial charge in [0.25, 0.3) is 0 Å². The van der Waals surface area contributed by atoms with E-state index in [-0.39, 0.29) is 11.0 Å². The fourth-order valence-corrected chi connectivity index (χ4v) is 9.57. The molecule has 2 heteroatoms. The van der Waals surface area contributed by atoms with Gasteiger partial charge in [-0.05, 0) is 87.1 Å². The molecule has 0 radical (unpaired) electrons. The molecule has 36 heavy (non-hydrogen) atoms. The largest absolute Gasteiger partial charge is 0.322 e. The van der Waals surface area contributed by atoms with E-state index in [4.69, 9.17) is 5.73 Å². The van der Waals surface area contributed by atoms with Crippen LogP contribution >= 0.6 is 7.26 Å². The summed E-state index contributed by atoms with van der Waals surface area (Å²) >= 11 is 0. The smallest absolute Gasteiger partial charge is 0.115 e. The monoisotopic (exact) mass is 494 g/mol. The average Bonchev–Trinajstić information content (AvgIpc) is 2.89. The van der Waals surface area contributed by atoms with Gasteiger partial charge in [0.05, 0.1) is 6.16 Å². The summed E-state index contributed by atoms with van der Waals surface area (Å²) in [7, 11) is -1.86. The average molecular weight is 495 g/mol. The maximum atomic E-state index is 6.65. The van der Waals surface area contributed by atoms with Crippen molar-refractivity contribution in [1.29, 1.82) is 0 Å². The molecule has 0 saturated heterocycles. The first-order chi connectivity index (χ1) is 17.2. The minimum atomic E-state index is -1.86. The first-order valence-electron chi connectivity index (χ1n) is 13.1. The summed E-state index contributed by atoms with van der Waals surface area (Å²) in [6, 6.07) is 33.3. The van der Waals surface area contributed by atoms with Gasteiger partial charge in [0.2, 0.25) is 0 Å². The predicted molar refractivity (Wildman–Crippen MR) is 161 cm³/mol. The molecule has 2 N–H and O–H groups in total. The van der Waals surface area contributed by atoms with Crippen molar-refractivity contribution in [2.24, 2.45) is 11.1 Å². The van der Waals surface area contributed by atoms with Crippen molar-refractivity contribution in [1.82, 2.24) is 0 Å². The molecule has 3 aromatic rings. The third-order valence-corrected chi connectivity index (χ3v) is 12.3. The summed E-state index contributed by atoms with van der Waals surface area (Å²) in [6.45, 7) is 11.3. The van der Waals surface area contributed by atoms with Crippen LogP contribution in [0.25, 0.3) is 0 Å². The lowest BCUT2D eigenvalue weighted by Gasteiger charge is -2.41. The highest BCUT2D eigenvalue weighted by Crippen LogP contribution is 2.55. The van der Waals surface area contributed by atoms with Crippen LogP contribution in [-0.2, 0) is 0 Å². The van der Waals surface area contributed by atoms with Crippen LogP contribution in [0.15, 0.2) is 126 Å². The van der Waals surface area contributed by atoms with Gasteiger partial charge >= 0.3 is 0 Å². The Hall–Kier alpha value is -2.73. The van der Waals surface area contributed by atoms with Crippen LogP contribution in [0.4, 0.5) is 0 Å². The number of rotatable bonds is 7. The van der Waals surface area contributed by atoms with Crippen LogP contribution in [0.5, 0.6) is 0 Å². The van der Waals surface area contributed by atoms with Crippen molar-refractivity contribution >= 4 is 23.2 Å². The molecule has 186 valence electrons. The van der Waals surface area contributed by atoms with Crippen molar-refractivity contribution in [3.8, 4) is 0 Å². The molecule has 1 aliphatic carbocycles. The number of benzene rings is 3. The van der Waals surface area contributed by atoms with Crippen molar-refractivity contribution in [2.75, 3.05) is 6.16 Å². The fourth-order valence-electron chi connectivity index (χ4n) is 5.43. The van der Waals surface area contributed by atoms with Crippen molar-refractivity contribution in [3.05, 3.63) is 126 Å². The van der Waals surface area contributed by atoms with Crippen molar-refractivity contribution in [3.63, 3.8) is 0 Å². The Morgan fingerprint density at radius 3 is 1.67 bits per heavy atom.